The molecular formula is C9H19N3O2S. The van der Waals surface area contributed by atoms with Crippen LogP contribution in [-0.4, -0.2) is 45.2 Å². The number of nitrogens with one attached hydrogen (secondary N) is 1. The van der Waals surface area contributed by atoms with Gasteiger partial charge in [0.1, 0.15) is 0 Å². The second kappa shape index (κ2) is 6.77. The minimum Gasteiger partial charge on any atom is -0.305 e. The van der Waals surface area contributed by atoms with Gasteiger partial charge in [0.25, 0.3) is 0 Å². The van der Waals surface area contributed by atoms with Gasteiger partial charge in [-0.2, -0.15) is 5.26 Å². The van der Waals surface area contributed by atoms with E-state index in [9.17, 15) is 8.42 Å². The van der Waals surface area contributed by atoms with E-state index < -0.39 is 15.3 Å². The van der Waals surface area contributed by atoms with Crippen LogP contribution in [0, 0.1) is 11.3 Å². The zero-order valence-electron chi connectivity index (χ0n) is 9.52. The van der Waals surface area contributed by atoms with Crippen molar-refractivity contribution in [3.63, 3.8) is 0 Å². The van der Waals surface area contributed by atoms with Gasteiger partial charge < -0.3 is 4.90 Å². The summed E-state index contributed by atoms with van der Waals surface area (Å²) in [7, 11) is -1.55. The monoisotopic (exact) mass is 233 g/mol. The Morgan fingerprint density at radius 3 is 2.47 bits per heavy atom. The van der Waals surface area contributed by atoms with E-state index in [1.54, 1.807) is 13.0 Å². The van der Waals surface area contributed by atoms with E-state index in [2.05, 4.69) is 4.72 Å². The molecule has 0 aromatic heterocycles. The highest BCUT2D eigenvalue weighted by molar-refractivity contribution is 7.90. The molecule has 1 atom stereocenters. The average Bonchev–Trinajstić information content (AvgIpc) is 2.18. The maximum absolute atomic E-state index is 11.5. The van der Waals surface area contributed by atoms with Crippen molar-refractivity contribution in [2.45, 2.75) is 25.5 Å². The summed E-state index contributed by atoms with van der Waals surface area (Å²) in [4.78, 5) is 2.00. The van der Waals surface area contributed by atoms with Gasteiger partial charge in [-0.1, -0.05) is 13.8 Å². The molecule has 0 saturated carbocycles. The van der Waals surface area contributed by atoms with Gasteiger partial charge in [0.15, 0.2) is 5.25 Å². The van der Waals surface area contributed by atoms with Gasteiger partial charge in [0, 0.05) is 13.1 Å². The Morgan fingerprint density at radius 2 is 2.07 bits per heavy atom. The highest BCUT2D eigenvalue weighted by atomic mass is 32.2. The molecule has 6 heteroatoms. The van der Waals surface area contributed by atoms with E-state index in [0.29, 0.717) is 19.5 Å². The zero-order chi connectivity index (χ0) is 11.9. The van der Waals surface area contributed by atoms with Crippen molar-refractivity contribution in [3.8, 4) is 6.07 Å². The molecule has 15 heavy (non-hydrogen) atoms. The number of likely N-dealkylation sites (N-methyl/N-ethyl adjacent to an activating group) is 1. The topological polar surface area (TPSA) is 73.2 Å². The summed E-state index contributed by atoms with van der Waals surface area (Å²) in [5.41, 5.74) is 0. The molecule has 0 aliphatic carbocycles. The zero-order valence-corrected chi connectivity index (χ0v) is 10.3. The standard InChI is InChI=1S/C9H19N3O2S/c1-4-9(8-10)15(13,14)11-6-7-12(3)5-2/h9,11H,4-7H2,1-3H3. The number of hydrogen-bond acceptors (Lipinski definition) is 4. The van der Waals surface area contributed by atoms with Crippen molar-refractivity contribution in [2.75, 3.05) is 26.7 Å². The first-order valence-corrected chi connectivity index (χ1v) is 6.59. The second-order valence-corrected chi connectivity index (χ2v) is 5.31. The third kappa shape index (κ3) is 5.11. The van der Waals surface area contributed by atoms with Gasteiger partial charge in [0.05, 0.1) is 6.07 Å². The van der Waals surface area contributed by atoms with Crippen LogP contribution in [-0.2, 0) is 10.0 Å². The van der Waals surface area contributed by atoms with E-state index >= 15 is 0 Å². The van der Waals surface area contributed by atoms with Crippen LogP contribution in [0.5, 0.6) is 0 Å². The van der Waals surface area contributed by atoms with Gasteiger partial charge in [-0.15, -0.1) is 0 Å². The van der Waals surface area contributed by atoms with E-state index in [-0.39, 0.29) is 0 Å². The fraction of sp³-hybridized carbons (Fsp3) is 0.889. The Balaban J connectivity index is 4.12. The normalized spacial score (nSPS) is 13.8. The van der Waals surface area contributed by atoms with Crippen molar-refractivity contribution >= 4 is 10.0 Å². The molecule has 0 fully saturated rings. The molecular weight excluding hydrogens is 214 g/mol. The fourth-order valence-electron chi connectivity index (χ4n) is 1.02. The Labute approximate surface area is 92.1 Å². The lowest BCUT2D eigenvalue weighted by molar-refractivity contribution is 0.357. The minimum atomic E-state index is -3.46. The van der Waals surface area contributed by atoms with E-state index in [1.165, 1.54) is 0 Å². The predicted molar refractivity (Wildman–Crippen MR) is 59.8 cm³/mol. The van der Waals surface area contributed by atoms with Crippen molar-refractivity contribution in [1.82, 2.24) is 9.62 Å². The van der Waals surface area contributed by atoms with Gasteiger partial charge in [-0.05, 0) is 20.0 Å². The molecule has 0 aromatic carbocycles. The van der Waals surface area contributed by atoms with E-state index in [1.807, 2.05) is 18.9 Å². The van der Waals surface area contributed by atoms with Gasteiger partial charge in [0.2, 0.25) is 10.0 Å². The maximum Gasteiger partial charge on any atom is 0.228 e. The molecule has 0 rings (SSSR count). The first-order chi connectivity index (χ1) is 6.97. The molecule has 0 saturated heterocycles. The fourth-order valence-corrected chi connectivity index (χ4v) is 2.17. The highest BCUT2D eigenvalue weighted by Crippen LogP contribution is 2.01. The first kappa shape index (κ1) is 14.4. The van der Waals surface area contributed by atoms with Crippen LogP contribution in [0.25, 0.3) is 0 Å². The first-order valence-electron chi connectivity index (χ1n) is 5.04. The SMILES string of the molecule is CCC(C#N)S(=O)(=O)NCCN(C)CC. The lowest BCUT2D eigenvalue weighted by Crippen LogP contribution is -2.37. The summed E-state index contributed by atoms with van der Waals surface area (Å²) in [5, 5.41) is 7.70. The minimum absolute atomic E-state index is 0.315. The average molecular weight is 233 g/mol. The van der Waals surface area contributed by atoms with Crippen molar-refractivity contribution in [1.29, 1.82) is 5.26 Å². The third-order valence-corrected chi connectivity index (χ3v) is 4.02. The maximum atomic E-state index is 11.5. The largest absolute Gasteiger partial charge is 0.305 e. The van der Waals surface area contributed by atoms with Crippen LogP contribution in [0.4, 0.5) is 0 Å². The lowest BCUT2D eigenvalue weighted by atomic mass is 10.4. The predicted octanol–water partition coefficient (Wildman–Crippen LogP) is 0.160. The number of sulfonamides is 1. The van der Waals surface area contributed by atoms with Crippen molar-refractivity contribution in [3.05, 3.63) is 0 Å². The number of rotatable bonds is 7. The summed E-state index contributed by atoms with van der Waals surface area (Å²) in [6, 6.07) is 1.78. The van der Waals surface area contributed by atoms with Crippen molar-refractivity contribution < 1.29 is 8.42 Å². The molecule has 0 aliphatic heterocycles. The molecule has 0 heterocycles. The van der Waals surface area contributed by atoms with Crippen LogP contribution in [0.15, 0.2) is 0 Å². The van der Waals surface area contributed by atoms with Crippen LogP contribution in [0.3, 0.4) is 0 Å². The number of nitrogens with zero attached hydrogens (tertiary/aromatic N) is 2. The molecule has 5 nitrogen and oxygen atoms in total. The Bertz CT molecular complexity index is 308. The quantitative estimate of drug-likeness (QED) is 0.680. The summed E-state index contributed by atoms with van der Waals surface area (Å²) in [5.74, 6) is 0. The van der Waals surface area contributed by atoms with Crippen LogP contribution in [0.2, 0.25) is 0 Å². The Hall–Kier alpha value is -0.640. The summed E-state index contributed by atoms with van der Waals surface area (Å²) >= 11 is 0. The van der Waals surface area contributed by atoms with E-state index in [4.69, 9.17) is 5.26 Å². The van der Waals surface area contributed by atoms with Crippen molar-refractivity contribution in [2.24, 2.45) is 0 Å². The van der Waals surface area contributed by atoms with Gasteiger partial charge in [-0.25, -0.2) is 13.1 Å². The highest BCUT2D eigenvalue weighted by Gasteiger charge is 2.22. The van der Waals surface area contributed by atoms with Crippen LogP contribution >= 0.6 is 0 Å². The third-order valence-electron chi connectivity index (χ3n) is 2.23. The summed E-state index contributed by atoms with van der Waals surface area (Å²) in [6.07, 6.45) is 0.315. The molecule has 0 bridgehead atoms. The molecule has 0 radical (unpaired) electrons. The molecule has 0 aliphatic rings. The summed E-state index contributed by atoms with van der Waals surface area (Å²) < 4.78 is 25.5. The molecule has 0 spiro atoms. The molecule has 1 unspecified atom stereocenters. The lowest BCUT2D eigenvalue weighted by Gasteiger charge is -2.15. The number of hydrogen-bond donors (Lipinski definition) is 1. The molecule has 88 valence electrons. The molecule has 0 aromatic rings. The molecule has 1 N–H and O–H groups in total. The van der Waals surface area contributed by atoms with Gasteiger partial charge in [-0.3, -0.25) is 0 Å². The van der Waals surface area contributed by atoms with Crippen LogP contribution < -0.4 is 4.72 Å². The Morgan fingerprint density at radius 1 is 1.47 bits per heavy atom. The molecule has 0 amide bonds. The second-order valence-electron chi connectivity index (χ2n) is 3.36. The Kier molecular flexibility index (Phi) is 6.48. The van der Waals surface area contributed by atoms with E-state index in [0.717, 1.165) is 6.54 Å². The summed E-state index contributed by atoms with van der Waals surface area (Å²) in [6.45, 7) is 5.56. The van der Waals surface area contributed by atoms with Crippen LogP contribution in [0.1, 0.15) is 20.3 Å². The van der Waals surface area contributed by atoms with Gasteiger partial charge >= 0.3 is 0 Å². The smallest absolute Gasteiger partial charge is 0.228 e. The number of nitriles is 1.